The van der Waals surface area contributed by atoms with Gasteiger partial charge in [-0.3, -0.25) is 4.79 Å². The lowest BCUT2D eigenvalue weighted by Crippen LogP contribution is -2.39. The second-order valence-electron chi connectivity index (χ2n) is 6.26. The Kier molecular flexibility index (Phi) is 8.27. The maximum atomic E-state index is 13.2. The van der Waals surface area contributed by atoms with E-state index in [4.69, 9.17) is 9.47 Å². The number of aliphatic imine (C=N–C) groups is 1. The monoisotopic (exact) mass is 402 g/mol. The number of nitrogens with zero attached hydrogens (tertiary/aromatic N) is 2. The highest BCUT2D eigenvalue weighted by molar-refractivity contribution is 5.94. The molecule has 8 heteroatoms. The predicted octanol–water partition coefficient (Wildman–Crippen LogP) is 2.88. The lowest BCUT2D eigenvalue weighted by Gasteiger charge is -2.23. The number of hydrogen-bond donors (Lipinski definition) is 2. The molecule has 0 fully saturated rings. The van der Waals surface area contributed by atoms with Gasteiger partial charge in [-0.2, -0.15) is 0 Å². The predicted molar refractivity (Wildman–Crippen MR) is 112 cm³/mol. The highest BCUT2D eigenvalue weighted by atomic mass is 19.1. The zero-order valence-electron chi connectivity index (χ0n) is 17.2. The third-order valence-corrected chi connectivity index (χ3v) is 4.08. The van der Waals surface area contributed by atoms with Crippen molar-refractivity contribution in [2.45, 2.75) is 13.5 Å². The van der Waals surface area contributed by atoms with E-state index in [1.54, 1.807) is 20.3 Å². The molecule has 0 spiro atoms. The molecule has 0 bridgehead atoms. The highest BCUT2D eigenvalue weighted by Gasteiger charge is 2.12. The van der Waals surface area contributed by atoms with Crippen LogP contribution < -0.4 is 20.1 Å². The fourth-order valence-electron chi connectivity index (χ4n) is 2.70. The Labute approximate surface area is 170 Å². The zero-order chi connectivity index (χ0) is 21.2. The Morgan fingerprint density at radius 1 is 1.17 bits per heavy atom. The summed E-state index contributed by atoms with van der Waals surface area (Å²) >= 11 is 0. The number of carbonyl (C=O) groups is 1. The summed E-state index contributed by atoms with van der Waals surface area (Å²) in [5, 5.41) is 5.79. The molecule has 0 saturated carbocycles. The van der Waals surface area contributed by atoms with Gasteiger partial charge in [-0.05, 0) is 37.3 Å². The van der Waals surface area contributed by atoms with Crippen molar-refractivity contribution in [3.63, 3.8) is 0 Å². The number of methoxy groups -OCH3 is 2. The van der Waals surface area contributed by atoms with E-state index in [9.17, 15) is 9.18 Å². The summed E-state index contributed by atoms with van der Waals surface area (Å²) in [6.07, 6.45) is 0. The Balaban J connectivity index is 2.06. The van der Waals surface area contributed by atoms with E-state index in [0.29, 0.717) is 36.2 Å². The van der Waals surface area contributed by atoms with Crippen LogP contribution in [0.25, 0.3) is 0 Å². The molecule has 2 N–H and O–H groups in total. The standard InChI is InChI=1S/C21H27FN4O3/c1-5-23-21(24-13-20(27)25-17-8-6-7-16(22)11-17)26(2)14-15-9-10-18(28-3)12-19(15)29-4/h6-12H,5,13-14H2,1-4H3,(H,23,24)(H,25,27). The second-order valence-corrected chi connectivity index (χ2v) is 6.26. The van der Waals surface area contributed by atoms with E-state index < -0.39 is 5.82 Å². The minimum absolute atomic E-state index is 0.0943. The molecule has 0 aromatic heterocycles. The smallest absolute Gasteiger partial charge is 0.246 e. The first-order chi connectivity index (χ1) is 14.0. The lowest BCUT2D eigenvalue weighted by molar-refractivity contribution is -0.114. The van der Waals surface area contributed by atoms with Gasteiger partial charge in [0.1, 0.15) is 23.9 Å². The topological polar surface area (TPSA) is 75.2 Å². The lowest BCUT2D eigenvalue weighted by atomic mass is 10.2. The summed E-state index contributed by atoms with van der Waals surface area (Å²) in [6.45, 7) is 3.02. The van der Waals surface area contributed by atoms with E-state index in [-0.39, 0.29) is 12.5 Å². The van der Waals surface area contributed by atoms with Gasteiger partial charge in [-0.15, -0.1) is 0 Å². The first-order valence-corrected chi connectivity index (χ1v) is 9.22. The number of nitrogens with one attached hydrogen (secondary N) is 2. The van der Waals surface area contributed by atoms with Crippen LogP contribution in [0.1, 0.15) is 12.5 Å². The molecular weight excluding hydrogens is 375 g/mol. The summed E-state index contributed by atoms with van der Waals surface area (Å²) in [5.74, 6) is 1.24. The third kappa shape index (κ3) is 6.67. The van der Waals surface area contributed by atoms with E-state index in [1.165, 1.54) is 18.2 Å². The van der Waals surface area contributed by atoms with Crippen LogP contribution in [0, 0.1) is 5.82 Å². The summed E-state index contributed by atoms with van der Waals surface area (Å²) in [7, 11) is 5.08. The molecule has 2 rings (SSSR count). The van der Waals surface area contributed by atoms with Crippen LogP contribution in [0.2, 0.25) is 0 Å². The van der Waals surface area contributed by atoms with Crippen molar-refractivity contribution in [2.75, 3.05) is 39.7 Å². The second kappa shape index (κ2) is 10.9. The zero-order valence-corrected chi connectivity index (χ0v) is 17.2. The molecular formula is C21H27FN4O3. The van der Waals surface area contributed by atoms with Gasteiger partial charge in [0, 0.05) is 37.5 Å². The van der Waals surface area contributed by atoms with E-state index >= 15 is 0 Å². The molecule has 2 aromatic carbocycles. The molecule has 0 aliphatic heterocycles. The fourth-order valence-corrected chi connectivity index (χ4v) is 2.70. The van der Waals surface area contributed by atoms with Gasteiger partial charge in [0.2, 0.25) is 5.91 Å². The average molecular weight is 402 g/mol. The first-order valence-electron chi connectivity index (χ1n) is 9.22. The van der Waals surface area contributed by atoms with Gasteiger partial charge < -0.3 is 25.0 Å². The molecule has 0 saturated heterocycles. The minimum atomic E-state index is -0.409. The maximum absolute atomic E-state index is 13.2. The van der Waals surface area contributed by atoms with E-state index in [1.807, 2.05) is 37.1 Å². The summed E-state index contributed by atoms with van der Waals surface area (Å²) < 4.78 is 23.9. The Hall–Kier alpha value is -3.29. The van der Waals surface area contributed by atoms with Crippen LogP contribution >= 0.6 is 0 Å². The number of benzene rings is 2. The number of rotatable bonds is 8. The van der Waals surface area contributed by atoms with Crippen molar-refractivity contribution in [2.24, 2.45) is 4.99 Å². The van der Waals surface area contributed by atoms with Crippen LogP contribution in [0.15, 0.2) is 47.5 Å². The number of amides is 1. The molecule has 29 heavy (non-hydrogen) atoms. The van der Waals surface area contributed by atoms with Crippen molar-refractivity contribution in [3.05, 3.63) is 53.8 Å². The van der Waals surface area contributed by atoms with Crippen LogP contribution in [0.4, 0.5) is 10.1 Å². The number of ether oxygens (including phenoxy) is 2. The molecule has 0 unspecified atom stereocenters. The summed E-state index contributed by atoms with van der Waals surface area (Å²) in [6, 6.07) is 11.3. The number of hydrogen-bond acceptors (Lipinski definition) is 4. The van der Waals surface area contributed by atoms with E-state index in [0.717, 1.165) is 5.56 Å². The van der Waals surface area contributed by atoms with Crippen LogP contribution in [0.5, 0.6) is 11.5 Å². The number of carbonyl (C=O) groups excluding carboxylic acids is 1. The van der Waals surface area contributed by atoms with E-state index in [2.05, 4.69) is 15.6 Å². The fraction of sp³-hybridized carbons (Fsp3) is 0.333. The van der Waals surface area contributed by atoms with Gasteiger partial charge in [0.05, 0.1) is 14.2 Å². The Bertz CT molecular complexity index is 858. The average Bonchev–Trinajstić information content (AvgIpc) is 2.71. The van der Waals surface area contributed by atoms with Crippen LogP contribution in [-0.4, -0.2) is 51.1 Å². The molecule has 0 aliphatic rings. The number of guanidine groups is 1. The quantitative estimate of drug-likeness (QED) is 0.525. The molecule has 156 valence electrons. The molecule has 2 aromatic rings. The van der Waals surface area contributed by atoms with Gasteiger partial charge in [0.15, 0.2) is 5.96 Å². The maximum Gasteiger partial charge on any atom is 0.246 e. The van der Waals surface area contributed by atoms with Crippen molar-refractivity contribution in [3.8, 4) is 11.5 Å². The van der Waals surface area contributed by atoms with Crippen molar-refractivity contribution < 1.29 is 18.7 Å². The number of anilines is 1. The molecule has 0 heterocycles. The normalized spacial score (nSPS) is 11.0. The highest BCUT2D eigenvalue weighted by Crippen LogP contribution is 2.25. The molecule has 0 radical (unpaired) electrons. The Morgan fingerprint density at radius 2 is 1.97 bits per heavy atom. The SMILES string of the molecule is CCNC(=NCC(=O)Nc1cccc(F)c1)N(C)Cc1ccc(OC)cc1OC. The van der Waals surface area contributed by atoms with Crippen molar-refractivity contribution in [1.82, 2.24) is 10.2 Å². The van der Waals surface area contributed by atoms with Gasteiger partial charge in [0.25, 0.3) is 0 Å². The number of halogens is 1. The van der Waals surface area contributed by atoms with Crippen LogP contribution in [0.3, 0.4) is 0 Å². The third-order valence-electron chi connectivity index (χ3n) is 4.08. The van der Waals surface area contributed by atoms with Crippen molar-refractivity contribution in [1.29, 1.82) is 0 Å². The molecule has 0 atom stereocenters. The van der Waals surface area contributed by atoms with Crippen LogP contribution in [-0.2, 0) is 11.3 Å². The summed E-state index contributed by atoms with van der Waals surface area (Å²) in [5.41, 5.74) is 1.34. The minimum Gasteiger partial charge on any atom is -0.497 e. The van der Waals surface area contributed by atoms with Gasteiger partial charge in [-0.25, -0.2) is 9.38 Å². The molecule has 7 nitrogen and oxygen atoms in total. The Morgan fingerprint density at radius 3 is 2.62 bits per heavy atom. The summed E-state index contributed by atoms with van der Waals surface area (Å²) in [4.78, 5) is 18.4. The van der Waals surface area contributed by atoms with Gasteiger partial charge in [-0.1, -0.05) is 6.07 Å². The molecule has 1 amide bonds. The first kappa shape index (κ1) is 22.0. The van der Waals surface area contributed by atoms with Crippen molar-refractivity contribution >= 4 is 17.6 Å². The molecule has 0 aliphatic carbocycles. The largest absolute Gasteiger partial charge is 0.497 e. The van der Waals surface area contributed by atoms with Gasteiger partial charge >= 0.3 is 0 Å².